The van der Waals surface area contributed by atoms with Gasteiger partial charge in [0.15, 0.2) is 0 Å². The number of aromatic nitrogens is 2. The number of carbonyl (C=O) groups excluding carboxylic acids is 1. The van der Waals surface area contributed by atoms with E-state index in [1.54, 1.807) is 0 Å². The second-order valence-electron chi connectivity index (χ2n) is 3.55. The number of aromatic amines is 1. The molecule has 2 aromatic rings. The van der Waals surface area contributed by atoms with Crippen LogP contribution >= 0.6 is 0 Å². The summed E-state index contributed by atoms with van der Waals surface area (Å²) < 4.78 is 17.9. The minimum Gasteiger partial charge on any atom is -0.465 e. The lowest BCUT2D eigenvalue weighted by molar-refractivity contribution is 0.0600. The largest absolute Gasteiger partial charge is 0.465 e. The van der Waals surface area contributed by atoms with Crippen LogP contribution in [-0.2, 0) is 4.74 Å². The highest BCUT2D eigenvalue weighted by Crippen LogP contribution is 2.20. The summed E-state index contributed by atoms with van der Waals surface area (Å²) in [5.41, 5.74) is 0.474. The number of hydrogen-bond donors (Lipinski definition) is 1. The van der Waals surface area contributed by atoms with Crippen LogP contribution < -0.4 is 5.56 Å². The van der Waals surface area contributed by atoms with Gasteiger partial charge >= 0.3 is 5.97 Å². The lowest BCUT2D eigenvalue weighted by Gasteiger charge is -2.04. The van der Waals surface area contributed by atoms with Crippen molar-refractivity contribution in [1.29, 1.82) is 0 Å². The first-order valence-corrected chi connectivity index (χ1v) is 5.04. The summed E-state index contributed by atoms with van der Waals surface area (Å²) in [6.45, 7) is 0. The summed E-state index contributed by atoms with van der Waals surface area (Å²) in [4.78, 5) is 22.5. The molecule has 18 heavy (non-hydrogen) atoms. The Morgan fingerprint density at radius 3 is 2.72 bits per heavy atom. The van der Waals surface area contributed by atoms with Crippen LogP contribution in [0.25, 0.3) is 11.1 Å². The monoisotopic (exact) mass is 248 g/mol. The van der Waals surface area contributed by atoms with Crippen molar-refractivity contribution in [3.63, 3.8) is 0 Å². The van der Waals surface area contributed by atoms with Gasteiger partial charge in [0.25, 0.3) is 5.56 Å². The molecule has 1 aromatic heterocycles. The quantitative estimate of drug-likeness (QED) is 0.814. The molecule has 0 aliphatic carbocycles. The fourth-order valence-corrected chi connectivity index (χ4v) is 1.53. The number of carbonyl (C=O) groups is 1. The number of H-pyrrole nitrogens is 1. The first kappa shape index (κ1) is 12.0. The van der Waals surface area contributed by atoms with Gasteiger partial charge in [0.05, 0.1) is 18.9 Å². The molecule has 1 N–H and O–H groups in total. The molecule has 0 saturated heterocycles. The average Bonchev–Trinajstić information content (AvgIpc) is 2.37. The zero-order valence-electron chi connectivity index (χ0n) is 9.44. The van der Waals surface area contributed by atoms with Crippen molar-refractivity contribution >= 4 is 5.97 Å². The predicted octanol–water partition coefficient (Wildman–Crippen LogP) is 1.36. The summed E-state index contributed by atoms with van der Waals surface area (Å²) in [5.74, 6) is -1.23. The van der Waals surface area contributed by atoms with Crippen LogP contribution in [0, 0.1) is 5.82 Å². The Hall–Kier alpha value is -2.50. The van der Waals surface area contributed by atoms with Gasteiger partial charge in [-0.15, -0.1) is 0 Å². The van der Waals surface area contributed by atoms with E-state index in [0.717, 1.165) is 6.07 Å². The number of esters is 1. The number of nitrogens with one attached hydrogen (secondary N) is 1. The molecule has 0 fully saturated rings. The third-order valence-electron chi connectivity index (χ3n) is 2.32. The first-order chi connectivity index (χ1) is 8.60. The van der Waals surface area contributed by atoms with Crippen LogP contribution in [0.4, 0.5) is 4.39 Å². The number of hydrogen-bond acceptors (Lipinski definition) is 4. The molecule has 0 unspecified atom stereocenters. The Labute approximate surface area is 101 Å². The zero-order valence-corrected chi connectivity index (χ0v) is 9.44. The summed E-state index contributed by atoms with van der Waals surface area (Å²) in [6, 6.07) is 4.98. The summed E-state index contributed by atoms with van der Waals surface area (Å²) >= 11 is 0. The van der Waals surface area contributed by atoms with Crippen molar-refractivity contribution in [3.05, 3.63) is 52.2 Å². The van der Waals surface area contributed by atoms with Crippen molar-refractivity contribution in [1.82, 2.24) is 10.2 Å². The molecule has 0 radical (unpaired) electrons. The fraction of sp³-hybridized carbons (Fsp3) is 0.0833. The van der Waals surface area contributed by atoms with E-state index >= 15 is 0 Å². The molecule has 0 aliphatic heterocycles. The summed E-state index contributed by atoms with van der Waals surface area (Å²) in [7, 11) is 1.21. The van der Waals surface area contributed by atoms with Gasteiger partial charge in [-0.3, -0.25) is 4.79 Å². The highest BCUT2D eigenvalue weighted by molar-refractivity contribution is 5.91. The van der Waals surface area contributed by atoms with E-state index in [4.69, 9.17) is 0 Å². The number of methoxy groups -OCH3 is 1. The number of benzene rings is 1. The SMILES string of the molecule is COC(=O)c1cc(F)cc(-c2cn[nH]c(=O)c2)c1. The second kappa shape index (κ2) is 4.79. The van der Waals surface area contributed by atoms with Crippen LogP contribution in [0.15, 0.2) is 35.3 Å². The molecular weight excluding hydrogens is 239 g/mol. The summed E-state index contributed by atoms with van der Waals surface area (Å²) in [6.07, 6.45) is 1.37. The Morgan fingerprint density at radius 2 is 2.06 bits per heavy atom. The van der Waals surface area contributed by atoms with E-state index < -0.39 is 17.3 Å². The standard InChI is InChI=1S/C12H9FN2O3/c1-18-12(17)8-2-7(3-10(13)4-8)9-5-11(16)15-14-6-9/h2-6H,1H3,(H,15,16). The van der Waals surface area contributed by atoms with Gasteiger partial charge in [-0.25, -0.2) is 14.3 Å². The van der Waals surface area contributed by atoms with Crippen molar-refractivity contribution in [2.75, 3.05) is 7.11 Å². The van der Waals surface area contributed by atoms with E-state index in [2.05, 4.69) is 14.9 Å². The topological polar surface area (TPSA) is 72.0 Å². The van der Waals surface area contributed by atoms with E-state index in [1.807, 2.05) is 0 Å². The molecule has 0 aliphatic rings. The predicted molar refractivity (Wildman–Crippen MR) is 61.6 cm³/mol. The van der Waals surface area contributed by atoms with Gasteiger partial charge in [-0.05, 0) is 23.8 Å². The molecule has 0 bridgehead atoms. The maximum atomic E-state index is 13.4. The first-order valence-electron chi connectivity index (χ1n) is 5.04. The van der Waals surface area contributed by atoms with Gasteiger partial charge in [-0.1, -0.05) is 0 Å². The van der Waals surface area contributed by atoms with Gasteiger partial charge < -0.3 is 4.74 Å². The van der Waals surface area contributed by atoms with E-state index in [0.29, 0.717) is 11.1 Å². The smallest absolute Gasteiger partial charge is 0.337 e. The number of rotatable bonds is 2. The molecule has 0 saturated carbocycles. The Morgan fingerprint density at radius 1 is 1.28 bits per heavy atom. The second-order valence-corrected chi connectivity index (χ2v) is 3.55. The Balaban J connectivity index is 2.55. The van der Waals surface area contributed by atoms with Gasteiger partial charge in [-0.2, -0.15) is 5.10 Å². The molecule has 92 valence electrons. The maximum absolute atomic E-state index is 13.4. The highest BCUT2D eigenvalue weighted by Gasteiger charge is 2.10. The lowest BCUT2D eigenvalue weighted by atomic mass is 10.0. The average molecular weight is 248 g/mol. The molecular formula is C12H9FN2O3. The zero-order chi connectivity index (χ0) is 13.1. The molecule has 0 atom stereocenters. The molecule has 0 amide bonds. The number of halogens is 1. The normalized spacial score (nSPS) is 10.1. The van der Waals surface area contributed by atoms with Crippen LogP contribution in [0.5, 0.6) is 0 Å². The van der Waals surface area contributed by atoms with Crippen molar-refractivity contribution in [2.45, 2.75) is 0 Å². The van der Waals surface area contributed by atoms with Crippen LogP contribution in [0.3, 0.4) is 0 Å². The Bertz CT molecular complexity index is 652. The van der Waals surface area contributed by atoms with Crippen LogP contribution in [0.1, 0.15) is 10.4 Å². The third-order valence-corrected chi connectivity index (χ3v) is 2.32. The van der Waals surface area contributed by atoms with Crippen LogP contribution in [-0.4, -0.2) is 23.3 Å². The van der Waals surface area contributed by atoms with Gasteiger partial charge in [0.1, 0.15) is 5.82 Å². The minimum absolute atomic E-state index is 0.0766. The highest BCUT2D eigenvalue weighted by atomic mass is 19.1. The fourth-order valence-electron chi connectivity index (χ4n) is 1.53. The molecule has 2 rings (SSSR count). The molecule has 1 heterocycles. The summed E-state index contributed by atoms with van der Waals surface area (Å²) in [5, 5.41) is 5.82. The number of nitrogens with zero attached hydrogens (tertiary/aromatic N) is 1. The maximum Gasteiger partial charge on any atom is 0.337 e. The van der Waals surface area contributed by atoms with E-state index in [-0.39, 0.29) is 5.56 Å². The minimum atomic E-state index is -0.645. The molecule has 6 heteroatoms. The lowest BCUT2D eigenvalue weighted by Crippen LogP contribution is -2.06. The molecule has 5 nitrogen and oxygen atoms in total. The van der Waals surface area contributed by atoms with Gasteiger partial charge in [0, 0.05) is 11.6 Å². The number of ether oxygens (including phenoxy) is 1. The molecule has 1 aromatic carbocycles. The van der Waals surface area contributed by atoms with Crippen molar-refractivity contribution in [2.24, 2.45) is 0 Å². The van der Waals surface area contributed by atoms with Crippen LogP contribution in [0.2, 0.25) is 0 Å². The van der Waals surface area contributed by atoms with E-state index in [1.165, 1.54) is 31.5 Å². The van der Waals surface area contributed by atoms with E-state index in [9.17, 15) is 14.0 Å². The van der Waals surface area contributed by atoms with Crippen molar-refractivity contribution < 1.29 is 13.9 Å². The molecule has 0 spiro atoms. The third kappa shape index (κ3) is 2.42. The van der Waals surface area contributed by atoms with Gasteiger partial charge in [0.2, 0.25) is 0 Å². The Kier molecular flexibility index (Phi) is 3.18. The van der Waals surface area contributed by atoms with Crippen molar-refractivity contribution in [3.8, 4) is 11.1 Å².